The van der Waals surface area contributed by atoms with Gasteiger partial charge in [0.15, 0.2) is 5.82 Å². The van der Waals surface area contributed by atoms with Crippen LogP contribution in [-0.2, 0) is 9.47 Å². The van der Waals surface area contributed by atoms with Gasteiger partial charge in [0, 0.05) is 31.9 Å². The second-order valence-electron chi connectivity index (χ2n) is 7.08. The van der Waals surface area contributed by atoms with Crippen LogP contribution in [0.5, 0.6) is 0 Å². The van der Waals surface area contributed by atoms with E-state index < -0.39 is 0 Å². The van der Waals surface area contributed by atoms with Gasteiger partial charge in [0.2, 0.25) is 0 Å². The summed E-state index contributed by atoms with van der Waals surface area (Å²) in [4.78, 5) is 19.3. The maximum Gasteiger partial charge on any atom is 0.254 e. The first-order chi connectivity index (χ1) is 12.7. The summed E-state index contributed by atoms with van der Waals surface area (Å²) < 4.78 is 11.5. The van der Waals surface area contributed by atoms with Crippen molar-refractivity contribution in [2.24, 2.45) is 0 Å². The van der Waals surface area contributed by atoms with Crippen LogP contribution in [0.15, 0.2) is 30.6 Å². The van der Waals surface area contributed by atoms with E-state index in [9.17, 15) is 4.79 Å². The lowest BCUT2D eigenvalue weighted by atomic mass is 9.79. The van der Waals surface area contributed by atoms with Crippen LogP contribution in [0.2, 0.25) is 0 Å². The molecule has 2 fully saturated rings. The molecule has 7 nitrogen and oxygen atoms in total. The summed E-state index contributed by atoms with van der Waals surface area (Å²) in [5, 5.41) is 6.69. The van der Waals surface area contributed by atoms with Crippen molar-refractivity contribution in [2.75, 3.05) is 20.8 Å². The molecule has 1 amide bonds. The number of ether oxygens (including phenoxy) is 2. The average Bonchev–Trinajstić information content (AvgIpc) is 3.35. The minimum atomic E-state index is -0.232. The lowest BCUT2D eigenvalue weighted by Gasteiger charge is -2.43. The van der Waals surface area contributed by atoms with E-state index in [1.165, 1.54) is 6.33 Å². The van der Waals surface area contributed by atoms with Crippen LogP contribution < -0.4 is 0 Å². The fourth-order valence-corrected chi connectivity index (χ4v) is 4.40. The molecule has 1 N–H and O–H groups in total. The van der Waals surface area contributed by atoms with Crippen LogP contribution in [-0.4, -0.2) is 64.5 Å². The predicted octanol–water partition coefficient (Wildman–Crippen LogP) is 2.27. The highest BCUT2D eigenvalue weighted by Gasteiger charge is 2.52. The molecular formula is C19H24N4O3. The number of hydrogen-bond acceptors (Lipinski definition) is 5. The van der Waals surface area contributed by atoms with Gasteiger partial charge in [0.05, 0.1) is 17.7 Å². The van der Waals surface area contributed by atoms with Gasteiger partial charge < -0.3 is 14.4 Å². The lowest BCUT2D eigenvalue weighted by molar-refractivity contribution is -0.0893. The highest BCUT2D eigenvalue weighted by Crippen LogP contribution is 2.43. The third-order valence-corrected chi connectivity index (χ3v) is 5.96. The topological polar surface area (TPSA) is 80.3 Å². The van der Waals surface area contributed by atoms with Crippen LogP contribution in [0.1, 0.15) is 36.0 Å². The van der Waals surface area contributed by atoms with Crippen LogP contribution in [0.3, 0.4) is 0 Å². The Labute approximate surface area is 152 Å². The molecule has 4 rings (SSSR count). The van der Waals surface area contributed by atoms with E-state index in [-0.39, 0.29) is 23.7 Å². The van der Waals surface area contributed by atoms with Gasteiger partial charge in [-0.15, -0.1) is 0 Å². The molecule has 3 atom stereocenters. The fourth-order valence-electron chi connectivity index (χ4n) is 4.40. The first-order valence-electron chi connectivity index (χ1n) is 9.01. The molecule has 0 unspecified atom stereocenters. The third-order valence-electron chi connectivity index (χ3n) is 5.96. The molecule has 0 spiro atoms. The van der Waals surface area contributed by atoms with Gasteiger partial charge in [-0.05, 0) is 37.8 Å². The Hall–Kier alpha value is -2.25. The van der Waals surface area contributed by atoms with Crippen molar-refractivity contribution in [1.29, 1.82) is 0 Å². The van der Waals surface area contributed by atoms with Crippen LogP contribution >= 0.6 is 0 Å². The number of benzene rings is 1. The second-order valence-corrected chi connectivity index (χ2v) is 7.08. The Morgan fingerprint density at radius 2 is 2.08 bits per heavy atom. The quantitative estimate of drug-likeness (QED) is 0.909. The minimum absolute atomic E-state index is 0.0507. The Morgan fingerprint density at radius 1 is 1.27 bits per heavy atom. The van der Waals surface area contributed by atoms with Crippen molar-refractivity contribution in [3.8, 4) is 11.4 Å². The monoisotopic (exact) mass is 356 g/mol. The Balaban J connectivity index is 1.55. The zero-order valence-electron chi connectivity index (χ0n) is 15.1. The molecule has 26 heavy (non-hydrogen) atoms. The van der Waals surface area contributed by atoms with E-state index in [2.05, 4.69) is 15.2 Å². The molecule has 1 saturated heterocycles. The number of H-pyrrole nitrogens is 1. The number of rotatable bonds is 4. The number of carbonyl (C=O) groups excluding carboxylic acids is 1. The van der Waals surface area contributed by atoms with E-state index >= 15 is 0 Å². The molecule has 7 heteroatoms. The smallest absolute Gasteiger partial charge is 0.254 e. The zero-order valence-corrected chi connectivity index (χ0v) is 15.1. The zero-order chi connectivity index (χ0) is 18.1. The van der Waals surface area contributed by atoms with Crippen molar-refractivity contribution < 1.29 is 14.3 Å². The van der Waals surface area contributed by atoms with Crippen molar-refractivity contribution >= 4 is 5.91 Å². The fraction of sp³-hybridized carbons (Fsp3) is 0.526. The Kier molecular flexibility index (Phi) is 4.50. The molecular weight excluding hydrogens is 332 g/mol. The normalized spacial score (nSPS) is 28.2. The number of hydrogen-bond donors (Lipinski definition) is 1. The number of fused-ring (bicyclic) bond motifs is 1. The van der Waals surface area contributed by atoms with Crippen molar-refractivity contribution in [2.45, 2.75) is 43.4 Å². The highest BCUT2D eigenvalue weighted by atomic mass is 16.5. The van der Waals surface area contributed by atoms with Gasteiger partial charge in [-0.25, -0.2) is 4.98 Å². The SMILES string of the molecule is CO[C@H]1CC[C@@]2(OC)CCN(C(=O)c3ccc(-c4ncn[nH]4)cc3)[C@H]2C1. The number of methoxy groups -OCH3 is 2. The molecule has 2 heterocycles. The Morgan fingerprint density at radius 3 is 2.73 bits per heavy atom. The van der Waals surface area contributed by atoms with Crippen molar-refractivity contribution in [3.63, 3.8) is 0 Å². The summed E-state index contributed by atoms with van der Waals surface area (Å²) in [6, 6.07) is 7.55. The molecule has 138 valence electrons. The van der Waals surface area contributed by atoms with E-state index in [4.69, 9.17) is 9.47 Å². The first kappa shape index (κ1) is 17.2. The largest absolute Gasteiger partial charge is 0.381 e. The summed E-state index contributed by atoms with van der Waals surface area (Å²) in [6.45, 7) is 0.720. The number of aromatic amines is 1. The molecule has 1 aliphatic heterocycles. The molecule has 1 aliphatic carbocycles. The van der Waals surface area contributed by atoms with Gasteiger partial charge in [0.25, 0.3) is 5.91 Å². The van der Waals surface area contributed by atoms with Gasteiger partial charge >= 0.3 is 0 Å². The van der Waals surface area contributed by atoms with E-state index in [0.717, 1.165) is 37.8 Å². The summed E-state index contributed by atoms with van der Waals surface area (Å²) >= 11 is 0. The van der Waals surface area contributed by atoms with E-state index in [1.54, 1.807) is 14.2 Å². The third kappa shape index (κ3) is 2.81. The molecule has 2 aromatic rings. The molecule has 1 aromatic heterocycles. The lowest BCUT2D eigenvalue weighted by Crippen LogP contribution is -2.53. The number of amides is 1. The maximum atomic E-state index is 13.1. The summed E-state index contributed by atoms with van der Waals surface area (Å²) in [6.07, 6.45) is 5.28. The number of aromatic nitrogens is 3. The second kappa shape index (κ2) is 6.81. The van der Waals surface area contributed by atoms with Gasteiger partial charge in [-0.3, -0.25) is 9.89 Å². The van der Waals surface area contributed by atoms with Crippen LogP contribution in [0.4, 0.5) is 0 Å². The summed E-state index contributed by atoms with van der Waals surface area (Å²) in [7, 11) is 3.51. The van der Waals surface area contributed by atoms with Crippen LogP contribution in [0, 0.1) is 0 Å². The molecule has 1 aromatic carbocycles. The maximum absolute atomic E-state index is 13.1. The van der Waals surface area contributed by atoms with Gasteiger partial charge in [0.1, 0.15) is 6.33 Å². The summed E-state index contributed by atoms with van der Waals surface area (Å²) in [5.74, 6) is 0.744. The number of nitrogens with one attached hydrogen (secondary N) is 1. The van der Waals surface area contributed by atoms with Crippen LogP contribution in [0.25, 0.3) is 11.4 Å². The first-order valence-corrected chi connectivity index (χ1v) is 9.01. The van der Waals surface area contributed by atoms with Gasteiger partial charge in [-0.1, -0.05) is 12.1 Å². The van der Waals surface area contributed by atoms with E-state index in [1.807, 2.05) is 29.2 Å². The highest BCUT2D eigenvalue weighted by molar-refractivity contribution is 5.95. The van der Waals surface area contributed by atoms with Crippen molar-refractivity contribution in [1.82, 2.24) is 20.1 Å². The minimum Gasteiger partial charge on any atom is -0.381 e. The number of likely N-dealkylation sites (tertiary alicyclic amines) is 1. The Bertz CT molecular complexity index is 762. The summed E-state index contributed by atoms with van der Waals surface area (Å²) in [5.41, 5.74) is 1.35. The number of nitrogens with zero attached hydrogens (tertiary/aromatic N) is 3. The average molecular weight is 356 g/mol. The molecule has 1 saturated carbocycles. The number of carbonyl (C=O) groups is 1. The molecule has 0 bridgehead atoms. The predicted molar refractivity (Wildman–Crippen MR) is 95.6 cm³/mol. The molecule has 0 radical (unpaired) electrons. The van der Waals surface area contributed by atoms with Gasteiger partial charge in [-0.2, -0.15) is 5.10 Å². The van der Waals surface area contributed by atoms with E-state index in [0.29, 0.717) is 11.4 Å². The standard InChI is InChI=1S/C19H24N4O3/c1-25-15-7-8-19(26-2)9-10-23(16(19)11-15)18(24)14-5-3-13(4-6-14)17-20-12-21-22-17/h3-6,12,15-16H,7-11H2,1-2H3,(H,20,21,22)/t15-,16-,19+/m0/s1. The molecule has 2 aliphatic rings. The van der Waals surface area contributed by atoms with Crippen molar-refractivity contribution in [3.05, 3.63) is 36.2 Å².